The fraction of sp³-hybridized carbons (Fsp3) is 0.424. The van der Waals surface area contributed by atoms with Crippen LogP contribution in [0.1, 0.15) is 58.2 Å². The zero-order valence-corrected chi connectivity index (χ0v) is 27.3. The summed E-state index contributed by atoms with van der Waals surface area (Å²) in [4.78, 5) is 31.1. The summed E-state index contributed by atoms with van der Waals surface area (Å²) in [6, 6.07) is 14.3. The van der Waals surface area contributed by atoms with E-state index in [1.807, 2.05) is 39.0 Å². The summed E-state index contributed by atoms with van der Waals surface area (Å²) >= 11 is 5.87. The van der Waals surface area contributed by atoms with Gasteiger partial charge in [-0.3, -0.25) is 0 Å². The molecule has 0 aliphatic rings. The molecule has 11 heteroatoms. The SMILES string of the molecule is COc1cc(CN(CCc2ccc(OC(=O)OC(C)(C)C)c(OC)c2)C(=O)OC(C)(C)C)ccc1OCc1ccc(Cl)nc1. The number of ether oxygens (including phenoxy) is 6. The molecular weight excluding hydrogens is 588 g/mol. The van der Waals surface area contributed by atoms with Crippen molar-refractivity contribution in [3.05, 3.63) is 76.6 Å². The van der Waals surface area contributed by atoms with Crippen LogP contribution in [0, 0.1) is 0 Å². The van der Waals surface area contributed by atoms with E-state index in [-0.39, 0.29) is 18.9 Å². The average Bonchev–Trinajstić information content (AvgIpc) is 2.93. The first kappa shape index (κ1) is 34.3. The highest BCUT2D eigenvalue weighted by Crippen LogP contribution is 2.31. The highest BCUT2D eigenvalue weighted by atomic mass is 35.5. The van der Waals surface area contributed by atoms with Crippen molar-refractivity contribution in [2.45, 2.75) is 72.3 Å². The summed E-state index contributed by atoms with van der Waals surface area (Å²) in [7, 11) is 3.05. The van der Waals surface area contributed by atoms with Crippen molar-refractivity contribution in [2.24, 2.45) is 0 Å². The van der Waals surface area contributed by atoms with E-state index < -0.39 is 23.5 Å². The van der Waals surface area contributed by atoms with Crippen molar-refractivity contribution >= 4 is 23.8 Å². The van der Waals surface area contributed by atoms with Gasteiger partial charge < -0.3 is 33.3 Å². The minimum atomic E-state index is -0.825. The lowest BCUT2D eigenvalue weighted by molar-refractivity contribution is 0.0196. The summed E-state index contributed by atoms with van der Waals surface area (Å²) in [5.41, 5.74) is 1.18. The van der Waals surface area contributed by atoms with Crippen molar-refractivity contribution in [1.29, 1.82) is 0 Å². The molecule has 3 rings (SSSR count). The van der Waals surface area contributed by atoms with Gasteiger partial charge in [-0.15, -0.1) is 0 Å². The standard InChI is InChI=1S/C33H41ClN2O8/c1-32(2,3)43-30(37)36(16-15-22-9-13-26(28(17-22)40-8)42-31(38)44-33(4,5)6)20-23-10-12-25(27(18-23)39-7)41-21-24-11-14-29(34)35-19-24/h9-14,17-19H,15-16,20-21H2,1-8H3. The van der Waals surface area contributed by atoms with E-state index in [1.54, 1.807) is 69.3 Å². The van der Waals surface area contributed by atoms with Crippen LogP contribution >= 0.6 is 11.6 Å². The first-order valence-electron chi connectivity index (χ1n) is 14.1. The number of halogens is 1. The average molecular weight is 629 g/mol. The number of hydrogen-bond donors (Lipinski definition) is 0. The Morgan fingerprint density at radius 2 is 1.36 bits per heavy atom. The lowest BCUT2D eigenvalue weighted by Gasteiger charge is -2.28. The van der Waals surface area contributed by atoms with Crippen LogP contribution in [-0.2, 0) is 29.0 Å². The van der Waals surface area contributed by atoms with Crippen molar-refractivity contribution in [3.8, 4) is 23.0 Å². The van der Waals surface area contributed by atoms with Crippen LogP contribution < -0.4 is 18.9 Å². The van der Waals surface area contributed by atoms with Gasteiger partial charge in [-0.2, -0.15) is 0 Å². The molecule has 3 aromatic rings. The van der Waals surface area contributed by atoms with Crippen LogP contribution in [0.5, 0.6) is 23.0 Å². The fourth-order valence-corrected chi connectivity index (χ4v) is 4.05. The van der Waals surface area contributed by atoms with Gasteiger partial charge in [0, 0.05) is 24.8 Å². The van der Waals surface area contributed by atoms with E-state index >= 15 is 0 Å². The highest BCUT2D eigenvalue weighted by molar-refractivity contribution is 6.29. The van der Waals surface area contributed by atoms with Crippen molar-refractivity contribution in [1.82, 2.24) is 9.88 Å². The second-order valence-corrected chi connectivity index (χ2v) is 12.4. The highest BCUT2D eigenvalue weighted by Gasteiger charge is 2.24. The molecule has 2 aromatic carbocycles. The Labute approximate surface area is 264 Å². The zero-order chi connectivity index (χ0) is 32.5. The van der Waals surface area contributed by atoms with Gasteiger partial charge in [0.2, 0.25) is 0 Å². The molecule has 0 radical (unpaired) electrons. The maximum Gasteiger partial charge on any atom is 0.514 e. The van der Waals surface area contributed by atoms with Crippen molar-refractivity contribution < 1.29 is 38.0 Å². The summed E-state index contributed by atoms with van der Waals surface area (Å²) in [5, 5.41) is 0.411. The first-order valence-corrected chi connectivity index (χ1v) is 14.5. The van der Waals surface area contributed by atoms with E-state index in [0.29, 0.717) is 35.4 Å². The number of hydrogen-bond acceptors (Lipinski definition) is 9. The Kier molecular flexibility index (Phi) is 11.7. The number of rotatable bonds is 11. The van der Waals surface area contributed by atoms with Crippen LogP contribution in [0.2, 0.25) is 5.15 Å². The number of amides is 1. The third-order valence-electron chi connectivity index (χ3n) is 5.92. The van der Waals surface area contributed by atoms with Crippen LogP contribution in [0.25, 0.3) is 0 Å². The Morgan fingerprint density at radius 1 is 0.773 bits per heavy atom. The molecule has 44 heavy (non-hydrogen) atoms. The minimum absolute atomic E-state index is 0.233. The number of aromatic nitrogens is 1. The summed E-state index contributed by atoms with van der Waals surface area (Å²) < 4.78 is 33.3. The molecule has 1 amide bonds. The maximum atomic E-state index is 13.2. The van der Waals surface area contributed by atoms with Gasteiger partial charge in [-0.1, -0.05) is 29.8 Å². The molecular formula is C33H41ClN2O8. The molecule has 0 bridgehead atoms. The maximum absolute atomic E-state index is 13.2. The van der Waals surface area contributed by atoms with E-state index in [9.17, 15) is 9.59 Å². The minimum Gasteiger partial charge on any atom is -0.493 e. The lowest BCUT2D eigenvalue weighted by Crippen LogP contribution is -2.37. The molecule has 10 nitrogen and oxygen atoms in total. The predicted molar refractivity (Wildman–Crippen MR) is 167 cm³/mol. The Balaban J connectivity index is 1.74. The molecule has 0 saturated carbocycles. The van der Waals surface area contributed by atoms with Crippen LogP contribution in [0.15, 0.2) is 54.7 Å². The molecule has 0 aliphatic heterocycles. The van der Waals surface area contributed by atoms with Gasteiger partial charge in [0.15, 0.2) is 23.0 Å². The summed E-state index contributed by atoms with van der Waals surface area (Å²) in [6.45, 7) is 11.6. The van der Waals surface area contributed by atoms with E-state index in [0.717, 1.165) is 16.7 Å². The number of methoxy groups -OCH3 is 2. The van der Waals surface area contributed by atoms with E-state index in [4.69, 9.17) is 40.0 Å². The number of carbonyl (C=O) groups is 2. The quantitative estimate of drug-likeness (QED) is 0.120. The zero-order valence-electron chi connectivity index (χ0n) is 26.6. The van der Waals surface area contributed by atoms with Gasteiger partial charge in [0.05, 0.1) is 14.2 Å². The fourth-order valence-electron chi connectivity index (χ4n) is 3.94. The number of nitrogens with zero attached hydrogens (tertiary/aromatic N) is 2. The lowest BCUT2D eigenvalue weighted by atomic mass is 10.1. The number of carbonyl (C=O) groups excluding carboxylic acids is 2. The molecule has 0 N–H and O–H groups in total. The van der Waals surface area contributed by atoms with Crippen molar-refractivity contribution in [3.63, 3.8) is 0 Å². The second-order valence-electron chi connectivity index (χ2n) is 12.0. The predicted octanol–water partition coefficient (Wildman–Crippen LogP) is 7.62. The third-order valence-corrected chi connectivity index (χ3v) is 6.14. The monoisotopic (exact) mass is 628 g/mol. The van der Waals surface area contributed by atoms with E-state index in [1.165, 1.54) is 7.11 Å². The summed E-state index contributed by atoms with van der Waals surface area (Å²) in [6.07, 6.45) is 0.854. The van der Waals surface area contributed by atoms with Crippen molar-refractivity contribution in [2.75, 3.05) is 20.8 Å². The Morgan fingerprint density at radius 3 is 1.98 bits per heavy atom. The molecule has 0 unspecified atom stereocenters. The molecule has 0 fully saturated rings. The first-order chi connectivity index (χ1) is 20.7. The van der Waals surface area contributed by atoms with Gasteiger partial charge in [0.25, 0.3) is 0 Å². The van der Waals surface area contributed by atoms with Gasteiger partial charge in [-0.25, -0.2) is 14.6 Å². The topological polar surface area (TPSA) is 106 Å². The Hall–Kier alpha value is -4.18. The summed E-state index contributed by atoms with van der Waals surface area (Å²) in [5.74, 6) is 1.68. The van der Waals surface area contributed by atoms with E-state index in [2.05, 4.69) is 4.98 Å². The molecule has 1 heterocycles. The molecule has 0 atom stereocenters. The van der Waals surface area contributed by atoms with Gasteiger partial charge in [0.1, 0.15) is 23.0 Å². The smallest absolute Gasteiger partial charge is 0.493 e. The third kappa shape index (κ3) is 11.1. The van der Waals surface area contributed by atoms with Crippen LogP contribution in [0.4, 0.5) is 9.59 Å². The largest absolute Gasteiger partial charge is 0.514 e. The normalized spacial score (nSPS) is 11.4. The Bertz CT molecular complexity index is 1410. The number of pyridine rings is 1. The molecule has 0 saturated heterocycles. The van der Waals surface area contributed by atoms with Gasteiger partial charge >= 0.3 is 12.2 Å². The van der Waals surface area contributed by atoms with Gasteiger partial charge in [-0.05, 0) is 89.4 Å². The molecule has 0 aliphatic carbocycles. The van der Waals surface area contributed by atoms with Crippen LogP contribution in [-0.4, -0.2) is 54.1 Å². The molecule has 238 valence electrons. The second kappa shape index (κ2) is 15.0. The van der Waals surface area contributed by atoms with Crippen LogP contribution in [0.3, 0.4) is 0 Å². The molecule has 0 spiro atoms. The molecule has 1 aromatic heterocycles. The number of benzene rings is 2.